The molecule has 2 rings (SSSR count). The molecule has 1 heterocycles. The largest absolute Gasteiger partial charge is 0.495 e. The third-order valence-corrected chi connectivity index (χ3v) is 3.78. The maximum Gasteiger partial charge on any atom is 0.344 e. The van der Waals surface area contributed by atoms with Crippen LogP contribution in [0.4, 0.5) is 5.69 Å². The summed E-state index contributed by atoms with van der Waals surface area (Å²) in [7, 11) is 1.48. The maximum absolute atomic E-state index is 12.3. The van der Waals surface area contributed by atoms with Gasteiger partial charge in [-0.15, -0.1) is 0 Å². The second-order valence-electron chi connectivity index (χ2n) is 5.30. The molecule has 1 atom stereocenters. The number of anilines is 1. The standard InChI is InChI=1S/C17H19ClN2O5/c1-5-12-15(9(2)25-20-12)17(22)24-10(3)16(21)19-13-8-11(18)6-7-14(13)23-4/h6-8,10H,5H2,1-4H3,(H,19,21)/t10-/m1/s1. The maximum atomic E-state index is 12.3. The van der Waals surface area contributed by atoms with Gasteiger partial charge in [-0.2, -0.15) is 0 Å². The van der Waals surface area contributed by atoms with Crippen LogP contribution in [0.25, 0.3) is 0 Å². The summed E-state index contributed by atoms with van der Waals surface area (Å²) in [6, 6.07) is 4.81. The number of ether oxygens (including phenoxy) is 2. The predicted octanol–water partition coefficient (Wildman–Crippen LogP) is 3.39. The molecule has 0 aliphatic carbocycles. The molecule has 0 radical (unpaired) electrons. The molecule has 0 bridgehead atoms. The number of benzene rings is 1. The second-order valence-corrected chi connectivity index (χ2v) is 5.73. The zero-order chi connectivity index (χ0) is 18.6. The molecular weight excluding hydrogens is 348 g/mol. The zero-order valence-electron chi connectivity index (χ0n) is 14.4. The van der Waals surface area contributed by atoms with Gasteiger partial charge in [0.1, 0.15) is 17.1 Å². The Bertz CT molecular complexity index is 787. The van der Waals surface area contributed by atoms with Crippen LogP contribution >= 0.6 is 11.6 Å². The number of nitrogens with one attached hydrogen (secondary N) is 1. The number of hydrogen-bond donors (Lipinski definition) is 1. The molecule has 8 heteroatoms. The normalized spacial score (nSPS) is 11.7. The summed E-state index contributed by atoms with van der Waals surface area (Å²) < 4.78 is 15.4. The lowest BCUT2D eigenvalue weighted by Gasteiger charge is -2.15. The van der Waals surface area contributed by atoms with E-state index in [2.05, 4.69) is 10.5 Å². The minimum Gasteiger partial charge on any atom is -0.495 e. The minimum atomic E-state index is -1.03. The van der Waals surface area contributed by atoms with Crippen molar-refractivity contribution in [2.75, 3.05) is 12.4 Å². The van der Waals surface area contributed by atoms with Crippen LogP contribution in [-0.2, 0) is 16.0 Å². The Morgan fingerprint density at radius 3 is 2.76 bits per heavy atom. The first kappa shape index (κ1) is 18.8. The van der Waals surface area contributed by atoms with Crippen molar-refractivity contribution in [1.82, 2.24) is 5.16 Å². The summed E-state index contributed by atoms with van der Waals surface area (Å²) in [5.41, 5.74) is 1.13. The van der Waals surface area contributed by atoms with Crippen molar-refractivity contribution in [3.8, 4) is 5.75 Å². The van der Waals surface area contributed by atoms with Crippen LogP contribution in [0, 0.1) is 6.92 Å². The van der Waals surface area contributed by atoms with E-state index in [9.17, 15) is 9.59 Å². The molecule has 0 saturated carbocycles. The molecule has 134 valence electrons. The Hall–Kier alpha value is -2.54. The third kappa shape index (κ3) is 4.30. The number of rotatable bonds is 6. The van der Waals surface area contributed by atoms with Gasteiger partial charge in [0.2, 0.25) is 0 Å². The zero-order valence-corrected chi connectivity index (χ0v) is 15.1. The molecule has 1 aromatic heterocycles. The number of methoxy groups -OCH3 is 1. The molecule has 2 aromatic rings. The van der Waals surface area contributed by atoms with Gasteiger partial charge in [0.25, 0.3) is 5.91 Å². The van der Waals surface area contributed by atoms with E-state index in [0.29, 0.717) is 34.3 Å². The van der Waals surface area contributed by atoms with E-state index in [-0.39, 0.29) is 5.56 Å². The van der Waals surface area contributed by atoms with E-state index in [1.165, 1.54) is 14.0 Å². The fourth-order valence-corrected chi connectivity index (χ4v) is 2.38. The highest BCUT2D eigenvalue weighted by Gasteiger charge is 2.25. The highest BCUT2D eigenvalue weighted by atomic mass is 35.5. The lowest BCUT2D eigenvalue weighted by molar-refractivity contribution is -0.123. The number of carbonyl (C=O) groups is 2. The number of esters is 1. The van der Waals surface area contributed by atoms with Gasteiger partial charge in [-0.1, -0.05) is 23.7 Å². The Labute approximate surface area is 150 Å². The molecule has 1 amide bonds. The summed E-state index contributed by atoms with van der Waals surface area (Å²) in [6.07, 6.45) is -0.516. The van der Waals surface area contributed by atoms with E-state index in [0.717, 1.165) is 0 Å². The number of nitrogens with zero attached hydrogens (tertiary/aromatic N) is 1. The summed E-state index contributed by atoms with van der Waals surface area (Å²) in [5.74, 6) is -0.372. The SMILES string of the molecule is CCc1noc(C)c1C(=O)O[C@H](C)C(=O)Nc1cc(Cl)ccc1OC. The average Bonchev–Trinajstić information content (AvgIpc) is 2.95. The molecule has 0 aliphatic rings. The van der Waals surface area contributed by atoms with Crippen molar-refractivity contribution < 1.29 is 23.6 Å². The van der Waals surface area contributed by atoms with Gasteiger partial charge in [-0.05, 0) is 38.5 Å². The fraction of sp³-hybridized carbons (Fsp3) is 0.353. The van der Waals surface area contributed by atoms with Gasteiger partial charge in [-0.25, -0.2) is 4.79 Å². The highest BCUT2D eigenvalue weighted by molar-refractivity contribution is 6.31. The Morgan fingerprint density at radius 1 is 1.40 bits per heavy atom. The first-order chi connectivity index (χ1) is 11.9. The van der Waals surface area contributed by atoms with Gasteiger partial charge >= 0.3 is 5.97 Å². The summed E-state index contributed by atoms with van der Waals surface area (Å²) in [6.45, 7) is 4.93. The molecular formula is C17H19ClN2O5. The van der Waals surface area contributed by atoms with Crippen LogP contribution < -0.4 is 10.1 Å². The summed E-state index contributed by atoms with van der Waals surface area (Å²) in [4.78, 5) is 24.6. The van der Waals surface area contributed by atoms with E-state index in [1.807, 2.05) is 6.92 Å². The smallest absolute Gasteiger partial charge is 0.344 e. The number of hydrogen-bond acceptors (Lipinski definition) is 6. The molecule has 0 fully saturated rings. The third-order valence-electron chi connectivity index (χ3n) is 3.54. The topological polar surface area (TPSA) is 90.7 Å². The van der Waals surface area contributed by atoms with Crippen molar-refractivity contribution in [2.45, 2.75) is 33.3 Å². The Morgan fingerprint density at radius 2 is 2.12 bits per heavy atom. The van der Waals surface area contributed by atoms with Crippen molar-refractivity contribution >= 4 is 29.2 Å². The predicted molar refractivity (Wildman–Crippen MR) is 92.1 cm³/mol. The lowest BCUT2D eigenvalue weighted by Crippen LogP contribution is -2.30. The van der Waals surface area contributed by atoms with Gasteiger partial charge in [0.15, 0.2) is 6.10 Å². The van der Waals surface area contributed by atoms with Crippen LogP contribution in [-0.4, -0.2) is 30.2 Å². The minimum absolute atomic E-state index is 0.252. The summed E-state index contributed by atoms with van der Waals surface area (Å²) >= 11 is 5.93. The monoisotopic (exact) mass is 366 g/mol. The van der Waals surface area contributed by atoms with Gasteiger partial charge in [0.05, 0.1) is 18.5 Å². The van der Waals surface area contributed by atoms with Crippen LogP contribution in [0.1, 0.15) is 35.7 Å². The molecule has 0 aliphatic heterocycles. The van der Waals surface area contributed by atoms with Gasteiger partial charge in [-0.3, -0.25) is 4.79 Å². The first-order valence-electron chi connectivity index (χ1n) is 7.67. The average molecular weight is 367 g/mol. The van der Waals surface area contributed by atoms with Crippen LogP contribution in [0.2, 0.25) is 5.02 Å². The van der Waals surface area contributed by atoms with Crippen molar-refractivity contribution in [1.29, 1.82) is 0 Å². The molecule has 25 heavy (non-hydrogen) atoms. The van der Waals surface area contributed by atoms with E-state index in [4.69, 9.17) is 25.6 Å². The molecule has 1 N–H and O–H groups in total. The van der Waals surface area contributed by atoms with E-state index >= 15 is 0 Å². The summed E-state index contributed by atoms with van der Waals surface area (Å²) in [5, 5.41) is 6.87. The van der Waals surface area contributed by atoms with Gasteiger partial charge in [0, 0.05) is 5.02 Å². The number of aryl methyl sites for hydroxylation is 2. The first-order valence-corrected chi connectivity index (χ1v) is 8.05. The number of carbonyl (C=O) groups excluding carboxylic acids is 2. The highest BCUT2D eigenvalue weighted by Crippen LogP contribution is 2.28. The fourth-order valence-electron chi connectivity index (χ4n) is 2.21. The van der Waals surface area contributed by atoms with Crippen LogP contribution in [0.5, 0.6) is 5.75 Å². The lowest BCUT2D eigenvalue weighted by atomic mass is 10.1. The molecule has 1 aromatic carbocycles. The Balaban J connectivity index is 2.09. The van der Waals surface area contributed by atoms with Gasteiger partial charge < -0.3 is 19.3 Å². The quantitative estimate of drug-likeness (QED) is 0.788. The number of halogens is 1. The molecule has 7 nitrogen and oxygen atoms in total. The van der Waals surface area contributed by atoms with Crippen molar-refractivity contribution in [3.63, 3.8) is 0 Å². The van der Waals surface area contributed by atoms with Crippen molar-refractivity contribution in [2.24, 2.45) is 0 Å². The Kier molecular flexibility index (Phi) is 6.03. The van der Waals surface area contributed by atoms with Crippen molar-refractivity contribution in [3.05, 3.63) is 40.2 Å². The van der Waals surface area contributed by atoms with E-state index in [1.54, 1.807) is 25.1 Å². The molecule has 0 unspecified atom stereocenters. The number of amides is 1. The van der Waals surface area contributed by atoms with Crippen LogP contribution in [0.3, 0.4) is 0 Å². The molecule has 0 spiro atoms. The second kappa shape index (κ2) is 8.02. The van der Waals surface area contributed by atoms with E-state index < -0.39 is 18.0 Å². The molecule has 0 saturated heterocycles. The van der Waals surface area contributed by atoms with Crippen LogP contribution in [0.15, 0.2) is 22.7 Å². The number of aromatic nitrogens is 1.